The molecule has 8 heteroatoms. The zero-order valence-corrected chi connectivity index (χ0v) is 14.9. The van der Waals surface area contributed by atoms with Crippen LogP contribution in [0.1, 0.15) is 21.1 Å². The van der Waals surface area contributed by atoms with E-state index in [1.165, 1.54) is 7.11 Å². The maximum atomic E-state index is 11.4. The summed E-state index contributed by atoms with van der Waals surface area (Å²) in [6.45, 7) is 1.95. The Morgan fingerprint density at radius 1 is 1.26 bits per heavy atom. The molecule has 1 aromatic carbocycles. The normalized spacial score (nSPS) is 10.7. The Kier molecular flexibility index (Phi) is 5.04. The summed E-state index contributed by atoms with van der Waals surface area (Å²) in [4.78, 5) is 16.1. The van der Waals surface area contributed by atoms with Crippen molar-refractivity contribution in [1.29, 1.82) is 0 Å². The lowest BCUT2D eigenvalue weighted by Gasteiger charge is -2.00. The van der Waals surface area contributed by atoms with Crippen LogP contribution in [0.15, 0.2) is 34.0 Å². The summed E-state index contributed by atoms with van der Waals surface area (Å²) in [5.41, 5.74) is 2.54. The molecule has 0 N–H and O–H groups in total. The number of rotatable bonds is 5. The Bertz CT molecular complexity index is 811. The third-order valence-electron chi connectivity index (χ3n) is 2.96. The fourth-order valence-electron chi connectivity index (χ4n) is 1.85. The van der Waals surface area contributed by atoms with Gasteiger partial charge in [-0.15, -0.1) is 21.5 Å². The van der Waals surface area contributed by atoms with Crippen LogP contribution in [0, 0.1) is 6.92 Å². The van der Waals surface area contributed by atoms with Crippen molar-refractivity contribution in [3.8, 4) is 10.6 Å². The van der Waals surface area contributed by atoms with Gasteiger partial charge >= 0.3 is 5.97 Å². The van der Waals surface area contributed by atoms with Gasteiger partial charge in [0.25, 0.3) is 0 Å². The van der Waals surface area contributed by atoms with Crippen LogP contribution in [0.4, 0.5) is 0 Å². The number of ether oxygens (including phenoxy) is 1. The topological polar surface area (TPSA) is 65.0 Å². The molecule has 0 aliphatic carbocycles. The molecule has 0 saturated carbocycles. The predicted molar refractivity (Wildman–Crippen MR) is 93.1 cm³/mol. The SMILES string of the molecule is COC(=O)c1ccc(-c2nc(CSc3nnc(C)s3)cs2)cc1. The highest BCUT2D eigenvalue weighted by Gasteiger charge is 2.09. The zero-order valence-electron chi connectivity index (χ0n) is 12.5. The van der Waals surface area contributed by atoms with E-state index in [4.69, 9.17) is 4.74 Å². The minimum absolute atomic E-state index is 0.333. The van der Waals surface area contributed by atoms with E-state index < -0.39 is 0 Å². The maximum absolute atomic E-state index is 11.4. The third-order valence-corrected chi connectivity index (χ3v) is 5.90. The number of thiazole rings is 1. The summed E-state index contributed by atoms with van der Waals surface area (Å²) in [6, 6.07) is 7.27. The van der Waals surface area contributed by atoms with Crippen molar-refractivity contribution in [2.75, 3.05) is 7.11 Å². The van der Waals surface area contributed by atoms with Crippen molar-refractivity contribution in [3.63, 3.8) is 0 Å². The van der Waals surface area contributed by atoms with Crippen molar-refractivity contribution in [3.05, 3.63) is 45.9 Å². The number of aromatic nitrogens is 3. The Labute approximate surface area is 145 Å². The summed E-state index contributed by atoms with van der Waals surface area (Å²) in [7, 11) is 1.38. The summed E-state index contributed by atoms with van der Waals surface area (Å²) >= 11 is 4.82. The average molecular weight is 363 g/mol. The van der Waals surface area contributed by atoms with Gasteiger partial charge in [-0.3, -0.25) is 0 Å². The fraction of sp³-hybridized carbons (Fsp3) is 0.200. The highest BCUT2D eigenvalue weighted by Crippen LogP contribution is 2.29. The van der Waals surface area contributed by atoms with Gasteiger partial charge in [-0.2, -0.15) is 0 Å². The molecule has 118 valence electrons. The lowest BCUT2D eigenvalue weighted by atomic mass is 10.1. The lowest BCUT2D eigenvalue weighted by molar-refractivity contribution is 0.0601. The predicted octanol–water partition coefficient (Wildman–Crippen LogP) is 4.05. The zero-order chi connectivity index (χ0) is 16.2. The Morgan fingerprint density at radius 3 is 2.70 bits per heavy atom. The van der Waals surface area contributed by atoms with E-state index in [0.29, 0.717) is 5.56 Å². The minimum atomic E-state index is -0.333. The van der Waals surface area contributed by atoms with Crippen LogP contribution in [0.5, 0.6) is 0 Å². The van der Waals surface area contributed by atoms with Gasteiger partial charge < -0.3 is 4.74 Å². The van der Waals surface area contributed by atoms with Crippen LogP contribution in [-0.4, -0.2) is 28.3 Å². The molecule has 0 atom stereocenters. The molecular weight excluding hydrogens is 350 g/mol. The molecule has 3 aromatic rings. The van der Waals surface area contributed by atoms with Crippen LogP contribution in [0.3, 0.4) is 0 Å². The van der Waals surface area contributed by atoms with Crippen molar-refractivity contribution < 1.29 is 9.53 Å². The smallest absolute Gasteiger partial charge is 0.337 e. The summed E-state index contributed by atoms with van der Waals surface area (Å²) < 4.78 is 5.65. The van der Waals surface area contributed by atoms with E-state index in [-0.39, 0.29) is 5.97 Å². The first kappa shape index (κ1) is 16.1. The molecule has 0 aliphatic heterocycles. The van der Waals surface area contributed by atoms with Gasteiger partial charge in [-0.1, -0.05) is 35.2 Å². The number of thioether (sulfide) groups is 1. The number of nitrogens with zero attached hydrogens (tertiary/aromatic N) is 3. The number of hydrogen-bond donors (Lipinski definition) is 0. The standard InChI is InChI=1S/C15H13N3O2S3/c1-9-17-18-15(23-9)22-8-12-7-21-13(16-12)10-3-5-11(6-4-10)14(19)20-2/h3-7H,8H2,1-2H3. The number of methoxy groups -OCH3 is 1. The Morgan fingerprint density at radius 2 is 2.04 bits per heavy atom. The summed E-state index contributed by atoms with van der Waals surface area (Å²) in [6.07, 6.45) is 0. The molecule has 0 unspecified atom stereocenters. The van der Waals surface area contributed by atoms with Crippen LogP contribution in [0.2, 0.25) is 0 Å². The second-order valence-corrected chi connectivity index (χ2v) is 7.85. The molecule has 0 fully saturated rings. The van der Waals surface area contributed by atoms with Gasteiger partial charge in [-0.25, -0.2) is 9.78 Å². The number of carbonyl (C=O) groups is 1. The molecule has 2 heterocycles. The fourth-order valence-corrected chi connectivity index (χ4v) is 4.48. The van der Waals surface area contributed by atoms with E-state index in [9.17, 15) is 4.79 Å². The first-order valence-corrected chi connectivity index (χ1v) is 9.40. The van der Waals surface area contributed by atoms with Crippen molar-refractivity contribution in [2.24, 2.45) is 0 Å². The molecular formula is C15H13N3O2S3. The highest BCUT2D eigenvalue weighted by molar-refractivity contribution is 8.00. The number of aryl methyl sites for hydroxylation is 1. The molecule has 3 rings (SSSR count). The van der Waals surface area contributed by atoms with Crippen LogP contribution >= 0.6 is 34.4 Å². The average Bonchev–Trinajstić information content (AvgIpc) is 3.21. The third kappa shape index (κ3) is 3.95. The first-order valence-electron chi connectivity index (χ1n) is 6.72. The van der Waals surface area contributed by atoms with E-state index in [0.717, 1.165) is 31.4 Å². The van der Waals surface area contributed by atoms with Crippen molar-refractivity contribution in [2.45, 2.75) is 17.0 Å². The number of carbonyl (C=O) groups excluding carboxylic acids is 1. The van der Waals surface area contributed by atoms with E-state index in [2.05, 4.69) is 15.2 Å². The molecule has 0 amide bonds. The quantitative estimate of drug-likeness (QED) is 0.503. The summed E-state index contributed by atoms with van der Waals surface area (Å²) in [5.74, 6) is 0.436. The highest BCUT2D eigenvalue weighted by atomic mass is 32.2. The molecule has 2 aromatic heterocycles. The van der Waals surface area contributed by atoms with E-state index >= 15 is 0 Å². The van der Waals surface area contributed by atoms with Crippen molar-refractivity contribution >= 4 is 40.4 Å². The molecule has 5 nitrogen and oxygen atoms in total. The van der Waals surface area contributed by atoms with Gasteiger partial charge in [-0.05, 0) is 19.1 Å². The van der Waals surface area contributed by atoms with Gasteiger partial charge in [0.15, 0.2) is 4.34 Å². The van der Waals surface area contributed by atoms with Crippen LogP contribution in [-0.2, 0) is 10.5 Å². The molecule has 0 aliphatic rings. The first-order chi connectivity index (χ1) is 11.2. The second kappa shape index (κ2) is 7.20. The molecule has 23 heavy (non-hydrogen) atoms. The van der Waals surface area contributed by atoms with Crippen LogP contribution in [0.25, 0.3) is 10.6 Å². The monoisotopic (exact) mass is 363 g/mol. The van der Waals surface area contributed by atoms with E-state index in [1.807, 2.05) is 24.4 Å². The largest absolute Gasteiger partial charge is 0.465 e. The maximum Gasteiger partial charge on any atom is 0.337 e. The molecule has 0 bridgehead atoms. The van der Waals surface area contributed by atoms with Gasteiger partial charge in [0.1, 0.15) is 10.0 Å². The van der Waals surface area contributed by atoms with Gasteiger partial charge in [0.2, 0.25) is 0 Å². The number of benzene rings is 1. The molecule has 0 spiro atoms. The van der Waals surface area contributed by atoms with Gasteiger partial charge in [0.05, 0.1) is 18.4 Å². The molecule has 0 saturated heterocycles. The lowest BCUT2D eigenvalue weighted by Crippen LogP contribution is -2.00. The Balaban J connectivity index is 1.67. The van der Waals surface area contributed by atoms with Crippen LogP contribution < -0.4 is 0 Å². The second-order valence-electron chi connectivity index (χ2n) is 4.59. The van der Waals surface area contributed by atoms with Gasteiger partial charge in [0, 0.05) is 16.7 Å². The Hall–Kier alpha value is -1.77. The van der Waals surface area contributed by atoms with Crippen molar-refractivity contribution in [1.82, 2.24) is 15.2 Å². The van der Waals surface area contributed by atoms with E-state index in [1.54, 1.807) is 46.6 Å². The summed E-state index contributed by atoms with van der Waals surface area (Å²) in [5, 5.41) is 12.0. The number of hydrogen-bond acceptors (Lipinski definition) is 8. The number of esters is 1. The minimum Gasteiger partial charge on any atom is -0.465 e. The molecule has 0 radical (unpaired) electrons.